The van der Waals surface area contributed by atoms with Crippen LogP contribution in [-0.4, -0.2) is 61.5 Å². The molecule has 162 valence electrons. The molecule has 0 unspecified atom stereocenters. The number of rotatable bonds is 5. The van der Waals surface area contributed by atoms with Crippen molar-refractivity contribution >= 4 is 29.2 Å². The maximum Gasteiger partial charge on any atom is 0.338 e. The second-order valence-electron chi connectivity index (χ2n) is 7.89. The van der Waals surface area contributed by atoms with Gasteiger partial charge < -0.3 is 19.4 Å². The lowest BCUT2D eigenvalue weighted by Crippen LogP contribution is -2.51. The Hall–Kier alpha value is -3.35. The molecule has 2 aromatic rings. The van der Waals surface area contributed by atoms with Crippen molar-refractivity contribution in [2.75, 3.05) is 42.5 Å². The summed E-state index contributed by atoms with van der Waals surface area (Å²) in [6, 6.07) is 16.9. The van der Waals surface area contributed by atoms with E-state index >= 15 is 0 Å². The number of piperazine rings is 1. The number of esters is 1. The molecule has 0 aliphatic carbocycles. The largest absolute Gasteiger partial charge is 0.449 e. The van der Waals surface area contributed by atoms with Crippen LogP contribution in [0.4, 0.5) is 11.4 Å². The third kappa shape index (κ3) is 4.71. The van der Waals surface area contributed by atoms with Crippen molar-refractivity contribution in [1.82, 2.24) is 4.90 Å². The maximum atomic E-state index is 12.8. The van der Waals surface area contributed by atoms with Crippen LogP contribution in [0, 0.1) is 0 Å². The predicted molar refractivity (Wildman–Crippen MR) is 118 cm³/mol. The summed E-state index contributed by atoms with van der Waals surface area (Å²) in [5.74, 6) is -0.620. The van der Waals surface area contributed by atoms with Crippen molar-refractivity contribution in [2.45, 2.75) is 25.9 Å². The molecule has 7 heteroatoms. The van der Waals surface area contributed by atoms with E-state index in [0.29, 0.717) is 31.6 Å². The molecule has 2 heterocycles. The zero-order valence-corrected chi connectivity index (χ0v) is 17.7. The summed E-state index contributed by atoms with van der Waals surface area (Å²) in [6.07, 6.45) is 0.556. The predicted octanol–water partition coefficient (Wildman–Crippen LogP) is 2.71. The van der Waals surface area contributed by atoms with Crippen LogP contribution in [0.5, 0.6) is 0 Å². The molecule has 2 saturated heterocycles. The molecule has 2 fully saturated rings. The fourth-order valence-corrected chi connectivity index (χ4v) is 4.06. The first-order chi connectivity index (χ1) is 15.0. The minimum atomic E-state index is -0.851. The van der Waals surface area contributed by atoms with Crippen LogP contribution in [0.1, 0.15) is 30.1 Å². The highest BCUT2D eigenvalue weighted by Crippen LogP contribution is 2.22. The van der Waals surface area contributed by atoms with Crippen LogP contribution >= 0.6 is 0 Å². The quantitative estimate of drug-likeness (QED) is 0.695. The molecule has 0 spiro atoms. The Balaban J connectivity index is 1.29. The van der Waals surface area contributed by atoms with E-state index in [1.54, 1.807) is 41.0 Å². The molecule has 2 aliphatic heterocycles. The Labute approximate surface area is 182 Å². The Bertz CT molecular complexity index is 937. The highest BCUT2D eigenvalue weighted by atomic mass is 16.5. The van der Waals surface area contributed by atoms with Gasteiger partial charge in [-0.1, -0.05) is 18.2 Å². The van der Waals surface area contributed by atoms with E-state index in [9.17, 15) is 14.4 Å². The summed E-state index contributed by atoms with van der Waals surface area (Å²) in [5.41, 5.74) is 2.29. The lowest BCUT2D eigenvalue weighted by Gasteiger charge is -2.37. The average molecular weight is 421 g/mol. The zero-order valence-electron chi connectivity index (χ0n) is 17.7. The first kappa shape index (κ1) is 20.9. The van der Waals surface area contributed by atoms with Crippen molar-refractivity contribution < 1.29 is 19.1 Å². The monoisotopic (exact) mass is 421 g/mol. The molecular formula is C24H27N3O4. The number of nitrogens with zero attached hydrogens (tertiary/aromatic N) is 3. The van der Waals surface area contributed by atoms with Gasteiger partial charge in [-0.25, -0.2) is 4.79 Å². The van der Waals surface area contributed by atoms with Crippen LogP contribution in [0.3, 0.4) is 0 Å². The molecule has 31 heavy (non-hydrogen) atoms. The minimum absolute atomic E-state index is 0.0990. The van der Waals surface area contributed by atoms with E-state index in [2.05, 4.69) is 17.0 Å². The topological polar surface area (TPSA) is 70.2 Å². The molecule has 2 aliphatic rings. The Kier molecular flexibility index (Phi) is 6.21. The second-order valence-corrected chi connectivity index (χ2v) is 7.89. The average Bonchev–Trinajstić information content (AvgIpc) is 3.25. The van der Waals surface area contributed by atoms with Crippen molar-refractivity contribution in [1.29, 1.82) is 0 Å². The highest BCUT2D eigenvalue weighted by molar-refractivity contribution is 5.96. The first-order valence-corrected chi connectivity index (χ1v) is 10.7. The van der Waals surface area contributed by atoms with Gasteiger partial charge in [0.05, 0.1) is 5.56 Å². The van der Waals surface area contributed by atoms with E-state index in [1.165, 1.54) is 0 Å². The van der Waals surface area contributed by atoms with Gasteiger partial charge in [0.1, 0.15) is 0 Å². The van der Waals surface area contributed by atoms with E-state index in [1.807, 2.05) is 18.2 Å². The van der Waals surface area contributed by atoms with Crippen LogP contribution < -0.4 is 9.80 Å². The second kappa shape index (κ2) is 9.20. The van der Waals surface area contributed by atoms with E-state index in [-0.39, 0.29) is 11.8 Å². The van der Waals surface area contributed by atoms with E-state index < -0.39 is 12.1 Å². The fourth-order valence-electron chi connectivity index (χ4n) is 4.06. The molecule has 2 aromatic carbocycles. The van der Waals surface area contributed by atoms with Gasteiger partial charge in [-0.2, -0.15) is 0 Å². The van der Waals surface area contributed by atoms with Crippen molar-refractivity contribution in [3.8, 4) is 0 Å². The molecule has 2 amide bonds. The van der Waals surface area contributed by atoms with Gasteiger partial charge in [0, 0.05) is 50.5 Å². The van der Waals surface area contributed by atoms with E-state index in [0.717, 1.165) is 30.9 Å². The van der Waals surface area contributed by atoms with E-state index in [4.69, 9.17) is 4.74 Å². The number of hydrogen-bond donors (Lipinski definition) is 0. The molecule has 0 N–H and O–H groups in total. The molecular weight excluding hydrogens is 394 g/mol. The number of ether oxygens (including phenoxy) is 1. The third-order valence-corrected chi connectivity index (χ3v) is 5.83. The fraction of sp³-hybridized carbons (Fsp3) is 0.375. The highest BCUT2D eigenvalue weighted by Gasteiger charge is 2.28. The van der Waals surface area contributed by atoms with Gasteiger partial charge in [0.2, 0.25) is 5.91 Å². The van der Waals surface area contributed by atoms with Gasteiger partial charge >= 0.3 is 5.97 Å². The zero-order chi connectivity index (χ0) is 21.8. The minimum Gasteiger partial charge on any atom is -0.449 e. The standard InChI is InChI=1S/C24H27N3O4/c1-18(23(29)26-16-14-25(15-17-26)20-6-3-2-4-7-20)31-24(30)19-9-11-21(12-10-19)27-13-5-8-22(27)28/h2-4,6-7,9-12,18H,5,8,13-17H2,1H3/t18-/m0/s1. The molecule has 0 saturated carbocycles. The summed E-state index contributed by atoms with van der Waals surface area (Å²) >= 11 is 0. The van der Waals surface area contributed by atoms with Crippen LogP contribution in [0.25, 0.3) is 0 Å². The number of benzene rings is 2. The van der Waals surface area contributed by atoms with Crippen molar-refractivity contribution in [2.24, 2.45) is 0 Å². The van der Waals surface area contributed by atoms with Crippen LogP contribution in [0.15, 0.2) is 54.6 Å². The summed E-state index contributed by atoms with van der Waals surface area (Å²) in [5, 5.41) is 0. The summed E-state index contributed by atoms with van der Waals surface area (Å²) in [4.78, 5) is 42.8. The lowest BCUT2D eigenvalue weighted by atomic mass is 10.2. The Morgan fingerprint density at radius 3 is 2.16 bits per heavy atom. The summed E-state index contributed by atoms with van der Waals surface area (Å²) in [6.45, 7) is 4.98. The number of carbonyl (C=O) groups is 3. The Morgan fingerprint density at radius 2 is 1.55 bits per heavy atom. The maximum absolute atomic E-state index is 12.8. The van der Waals surface area contributed by atoms with Gasteiger partial charge in [0.15, 0.2) is 6.10 Å². The Morgan fingerprint density at radius 1 is 0.871 bits per heavy atom. The van der Waals surface area contributed by atoms with Crippen molar-refractivity contribution in [3.63, 3.8) is 0 Å². The van der Waals surface area contributed by atoms with Gasteiger partial charge in [0.25, 0.3) is 5.91 Å². The molecule has 1 atom stereocenters. The molecule has 4 rings (SSSR count). The van der Waals surface area contributed by atoms with Crippen LogP contribution in [-0.2, 0) is 14.3 Å². The molecule has 0 bridgehead atoms. The summed E-state index contributed by atoms with van der Waals surface area (Å²) < 4.78 is 5.43. The third-order valence-electron chi connectivity index (χ3n) is 5.83. The van der Waals surface area contributed by atoms with Gasteiger partial charge in [-0.15, -0.1) is 0 Å². The normalized spacial score (nSPS) is 17.6. The lowest BCUT2D eigenvalue weighted by molar-refractivity contribution is -0.140. The van der Waals surface area contributed by atoms with Gasteiger partial charge in [-0.3, -0.25) is 9.59 Å². The number of hydrogen-bond acceptors (Lipinski definition) is 5. The molecule has 0 radical (unpaired) electrons. The summed E-state index contributed by atoms with van der Waals surface area (Å²) in [7, 11) is 0. The van der Waals surface area contributed by atoms with Gasteiger partial charge in [-0.05, 0) is 49.7 Å². The number of carbonyl (C=O) groups excluding carboxylic acids is 3. The molecule has 7 nitrogen and oxygen atoms in total. The number of para-hydroxylation sites is 1. The van der Waals surface area contributed by atoms with Crippen molar-refractivity contribution in [3.05, 3.63) is 60.2 Å². The van der Waals surface area contributed by atoms with Crippen LogP contribution in [0.2, 0.25) is 0 Å². The number of amides is 2. The first-order valence-electron chi connectivity index (χ1n) is 10.7. The molecule has 0 aromatic heterocycles. The number of anilines is 2. The smallest absolute Gasteiger partial charge is 0.338 e. The SMILES string of the molecule is C[C@H](OC(=O)c1ccc(N2CCCC2=O)cc1)C(=O)N1CCN(c2ccccc2)CC1.